The zero-order valence-electron chi connectivity index (χ0n) is 18.7. The molecule has 174 valence electrons. The van der Waals surface area contributed by atoms with Crippen LogP contribution in [0.25, 0.3) is 0 Å². The molecule has 0 aromatic rings. The number of hydrogen-bond donors (Lipinski definition) is 3. The van der Waals surface area contributed by atoms with Gasteiger partial charge in [-0.1, -0.05) is 97.3 Å². The molecule has 0 radical (unpaired) electrons. The molecule has 0 aliphatic rings. The van der Waals surface area contributed by atoms with Crippen LogP contribution in [0.1, 0.15) is 117 Å². The Morgan fingerprint density at radius 3 is 1.72 bits per heavy atom. The number of amides is 1. The summed E-state index contributed by atoms with van der Waals surface area (Å²) in [6, 6.07) is -0.956. The van der Waals surface area contributed by atoms with Gasteiger partial charge in [0.05, 0.1) is 17.9 Å². The molecule has 0 rings (SSSR count). The third-order valence-electron chi connectivity index (χ3n) is 5.31. The molecule has 0 heterocycles. The van der Waals surface area contributed by atoms with Gasteiger partial charge in [0.2, 0.25) is 5.91 Å². The van der Waals surface area contributed by atoms with Crippen molar-refractivity contribution in [2.24, 2.45) is 0 Å². The predicted octanol–water partition coefficient (Wildman–Crippen LogP) is 5.00. The first-order valence-corrected chi connectivity index (χ1v) is 13.3. The van der Waals surface area contributed by atoms with Gasteiger partial charge in [0.25, 0.3) is 10.1 Å². The fourth-order valence-electron chi connectivity index (χ4n) is 3.51. The van der Waals surface area contributed by atoms with Crippen LogP contribution in [0.5, 0.6) is 0 Å². The highest BCUT2D eigenvalue weighted by atomic mass is 32.2. The smallest absolute Gasteiger partial charge is 0.266 e. The van der Waals surface area contributed by atoms with Crippen molar-refractivity contribution in [1.29, 1.82) is 0 Å². The summed E-state index contributed by atoms with van der Waals surface area (Å²) in [5.74, 6) is -0.904. The van der Waals surface area contributed by atoms with Crippen molar-refractivity contribution >= 4 is 16.0 Å². The monoisotopic (exact) mass is 435 g/mol. The van der Waals surface area contributed by atoms with Gasteiger partial charge in [0, 0.05) is 6.42 Å². The fraction of sp³-hybridized carbons (Fsp3) is 0.955. The third-order valence-corrected chi connectivity index (χ3v) is 6.09. The number of hydrogen-bond acceptors (Lipinski definition) is 4. The molecule has 6 nitrogen and oxygen atoms in total. The lowest BCUT2D eigenvalue weighted by Gasteiger charge is -2.23. The third kappa shape index (κ3) is 19.1. The summed E-state index contributed by atoms with van der Waals surface area (Å²) in [6.07, 6.45) is 15.3. The van der Waals surface area contributed by atoms with Crippen molar-refractivity contribution < 1.29 is 22.9 Å². The van der Waals surface area contributed by atoms with E-state index in [1.54, 1.807) is 0 Å². The van der Waals surface area contributed by atoms with Crippen LogP contribution in [0.2, 0.25) is 0 Å². The van der Waals surface area contributed by atoms with Crippen LogP contribution in [-0.4, -0.2) is 41.9 Å². The largest absolute Gasteiger partial charge is 0.391 e. The molecule has 0 aliphatic heterocycles. The molecule has 0 aromatic heterocycles. The Kier molecular flexibility index (Phi) is 17.7. The Hall–Kier alpha value is -0.660. The molecule has 29 heavy (non-hydrogen) atoms. The van der Waals surface area contributed by atoms with E-state index in [-0.39, 0.29) is 5.91 Å². The average molecular weight is 436 g/mol. The summed E-state index contributed by atoms with van der Waals surface area (Å²) in [6.45, 7) is 4.33. The van der Waals surface area contributed by atoms with E-state index in [0.29, 0.717) is 12.8 Å². The van der Waals surface area contributed by atoms with Crippen LogP contribution in [0.4, 0.5) is 0 Å². The first-order valence-electron chi connectivity index (χ1n) is 11.7. The second-order valence-electron chi connectivity index (χ2n) is 8.27. The molecule has 2 unspecified atom stereocenters. The van der Waals surface area contributed by atoms with Gasteiger partial charge in [-0.25, -0.2) is 0 Å². The zero-order valence-corrected chi connectivity index (χ0v) is 19.5. The van der Waals surface area contributed by atoms with E-state index in [0.717, 1.165) is 51.4 Å². The van der Waals surface area contributed by atoms with Gasteiger partial charge in [-0.05, 0) is 12.8 Å². The number of aliphatic hydroxyl groups excluding tert-OH is 1. The topological polar surface area (TPSA) is 104 Å². The predicted molar refractivity (Wildman–Crippen MR) is 120 cm³/mol. The van der Waals surface area contributed by atoms with Crippen LogP contribution >= 0.6 is 0 Å². The Morgan fingerprint density at radius 2 is 1.24 bits per heavy atom. The fourth-order valence-corrected chi connectivity index (χ4v) is 4.27. The SMILES string of the molecule is CCCCCCCCCCCC(=O)NC(CS(=O)(=O)O)C(O)CCCCCCC. The van der Waals surface area contributed by atoms with Crippen LogP contribution in [0.3, 0.4) is 0 Å². The van der Waals surface area contributed by atoms with E-state index >= 15 is 0 Å². The van der Waals surface area contributed by atoms with Crippen molar-refractivity contribution in [3.63, 3.8) is 0 Å². The van der Waals surface area contributed by atoms with Gasteiger partial charge in [0.1, 0.15) is 0 Å². The number of rotatable bonds is 20. The van der Waals surface area contributed by atoms with Gasteiger partial charge in [-0.3, -0.25) is 9.35 Å². The number of unbranched alkanes of at least 4 members (excludes halogenated alkanes) is 12. The number of nitrogens with one attached hydrogen (secondary N) is 1. The quantitative estimate of drug-likeness (QED) is 0.184. The molecule has 0 saturated carbocycles. The van der Waals surface area contributed by atoms with Gasteiger partial charge >= 0.3 is 0 Å². The number of carbonyl (C=O) groups excluding carboxylic acids is 1. The lowest BCUT2D eigenvalue weighted by molar-refractivity contribution is -0.122. The average Bonchev–Trinajstić information content (AvgIpc) is 2.64. The van der Waals surface area contributed by atoms with E-state index in [1.807, 2.05) is 0 Å². The highest BCUT2D eigenvalue weighted by Gasteiger charge is 2.25. The molecule has 0 saturated heterocycles. The van der Waals surface area contributed by atoms with Crippen molar-refractivity contribution in [3.8, 4) is 0 Å². The first-order chi connectivity index (χ1) is 13.8. The minimum absolute atomic E-state index is 0.258. The molecule has 0 fully saturated rings. The molecular formula is C22H45NO5S. The minimum Gasteiger partial charge on any atom is -0.391 e. The normalized spacial score (nSPS) is 13.9. The van der Waals surface area contributed by atoms with Gasteiger partial charge in [0.15, 0.2) is 0 Å². The lowest BCUT2D eigenvalue weighted by atomic mass is 10.0. The molecule has 0 aromatic carbocycles. The molecule has 3 N–H and O–H groups in total. The summed E-state index contributed by atoms with van der Waals surface area (Å²) in [5.41, 5.74) is 0. The second kappa shape index (κ2) is 18.1. The van der Waals surface area contributed by atoms with E-state index in [2.05, 4.69) is 19.2 Å². The first kappa shape index (κ1) is 28.3. The standard InChI is InChI=1S/C22H45NO5S/c1-3-5-7-9-10-11-12-14-16-18-22(25)23-20(19-29(26,27)28)21(24)17-15-13-8-6-4-2/h20-21,24H,3-19H2,1-2H3,(H,23,25)(H,26,27,28). The number of aliphatic hydroxyl groups is 1. The van der Waals surface area contributed by atoms with Crippen LogP contribution < -0.4 is 5.32 Å². The van der Waals surface area contributed by atoms with Crippen molar-refractivity contribution in [1.82, 2.24) is 5.32 Å². The molecular weight excluding hydrogens is 390 g/mol. The van der Waals surface area contributed by atoms with Crippen LogP contribution in [0.15, 0.2) is 0 Å². The minimum atomic E-state index is -4.27. The molecule has 1 amide bonds. The summed E-state index contributed by atoms with van der Waals surface area (Å²) < 4.78 is 31.7. The molecule has 2 atom stereocenters. The Bertz CT molecular complexity index is 495. The van der Waals surface area contributed by atoms with Gasteiger partial charge in [-0.2, -0.15) is 8.42 Å². The van der Waals surface area contributed by atoms with E-state index in [9.17, 15) is 18.3 Å². The van der Waals surface area contributed by atoms with Gasteiger partial charge in [-0.15, -0.1) is 0 Å². The summed E-state index contributed by atoms with van der Waals surface area (Å²) >= 11 is 0. The molecule has 7 heteroatoms. The maximum Gasteiger partial charge on any atom is 0.266 e. The zero-order chi connectivity index (χ0) is 22.0. The van der Waals surface area contributed by atoms with Crippen LogP contribution in [0, 0.1) is 0 Å². The van der Waals surface area contributed by atoms with Crippen molar-refractivity contribution in [3.05, 3.63) is 0 Å². The lowest BCUT2D eigenvalue weighted by Crippen LogP contribution is -2.47. The second-order valence-corrected chi connectivity index (χ2v) is 9.77. The molecule has 0 aliphatic carbocycles. The number of carbonyl (C=O) groups is 1. The summed E-state index contributed by atoms with van der Waals surface area (Å²) in [7, 11) is -4.27. The van der Waals surface area contributed by atoms with Crippen LogP contribution in [-0.2, 0) is 14.9 Å². The Morgan fingerprint density at radius 1 is 0.793 bits per heavy atom. The highest BCUT2D eigenvalue weighted by Crippen LogP contribution is 2.13. The van der Waals surface area contributed by atoms with Gasteiger partial charge < -0.3 is 10.4 Å². The van der Waals surface area contributed by atoms with E-state index < -0.39 is 28.0 Å². The maximum atomic E-state index is 12.2. The Labute approximate surface area is 179 Å². The van der Waals surface area contributed by atoms with Crippen molar-refractivity contribution in [2.75, 3.05) is 5.75 Å². The van der Waals surface area contributed by atoms with E-state index in [1.165, 1.54) is 38.5 Å². The van der Waals surface area contributed by atoms with Crippen molar-refractivity contribution in [2.45, 2.75) is 129 Å². The molecule has 0 bridgehead atoms. The summed E-state index contributed by atoms with van der Waals surface area (Å²) in [5, 5.41) is 12.9. The maximum absolute atomic E-state index is 12.2. The van der Waals surface area contributed by atoms with E-state index in [4.69, 9.17) is 4.55 Å². The highest BCUT2D eigenvalue weighted by molar-refractivity contribution is 7.85. The summed E-state index contributed by atoms with van der Waals surface area (Å²) in [4.78, 5) is 12.2. The Balaban J connectivity index is 4.13. The molecule has 0 spiro atoms.